The first-order chi connectivity index (χ1) is 13.7. The van der Waals surface area contributed by atoms with Gasteiger partial charge in [0.15, 0.2) is 0 Å². The molecule has 3 unspecified atom stereocenters. The third-order valence-electron chi connectivity index (χ3n) is 10.4. The van der Waals surface area contributed by atoms with Crippen LogP contribution in [0.1, 0.15) is 98.8 Å². The van der Waals surface area contributed by atoms with E-state index in [9.17, 15) is 5.11 Å². The van der Waals surface area contributed by atoms with Crippen molar-refractivity contribution in [2.75, 3.05) is 0 Å². The molecule has 0 saturated heterocycles. The first-order valence-corrected chi connectivity index (χ1v) is 12.8. The molecule has 3 fully saturated rings. The van der Waals surface area contributed by atoms with Crippen molar-refractivity contribution in [2.24, 2.45) is 52.1 Å². The highest BCUT2D eigenvalue weighted by Gasteiger charge is 2.60. The Kier molecular flexibility index (Phi) is 6.01. The van der Waals surface area contributed by atoms with Crippen LogP contribution in [0.4, 0.5) is 0 Å². The molecule has 0 aromatic heterocycles. The number of nitrogens with two attached hydrogens (primary N) is 1. The highest BCUT2D eigenvalue weighted by molar-refractivity contribution is 5.28. The molecule has 0 aliphatic heterocycles. The highest BCUT2D eigenvalue weighted by Crippen LogP contribution is 2.67. The largest absolute Gasteiger partial charge is 0.393 e. The van der Waals surface area contributed by atoms with Crippen molar-refractivity contribution < 1.29 is 5.11 Å². The normalized spacial score (nSPS) is 47.9. The third kappa shape index (κ3) is 3.65. The number of hydrogen-bond donors (Lipinski definition) is 2. The minimum absolute atomic E-state index is 0.144. The highest BCUT2D eigenvalue weighted by atomic mass is 16.3. The van der Waals surface area contributed by atoms with Gasteiger partial charge in [-0.05, 0) is 91.3 Å². The fraction of sp³-hybridized carbons (Fsp3) is 0.926. The van der Waals surface area contributed by atoms with Gasteiger partial charge in [0.05, 0.1) is 6.10 Å². The molecule has 0 bridgehead atoms. The van der Waals surface area contributed by atoms with E-state index in [-0.39, 0.29) is 12.1 Å². The summed E-state index contributed by atoms with van der Waals surface area (Å²) in [4.78, 5) is 0. The van der Waals surface area contributed by atoms with Crippen molar-refractivity contribution in [1.29, 1.82) is 0 Å². The van der Waals surface area contributed by atoms with Crippen LogP contribution in [0.15, 0.2) is 11.6 Å². The molecule has 4 rings (SSSR count). The number of fused-ring (bicyclic) bond motifs is 5. The predicted octanol–water partition coefficient (Wildman–Crippen LogP) is 6.33. The lowest BCUT2D eigenvalue weighted by molar-refractivity contribution is -0.0632. The standard InChI is InChI=1S/C27H47NO/c1-17(2)7-6-8-18(3)21-9-10-22-25-23(12-14-27(21,22)5)26(4)13-11-20(29)15-19(26)16-24(25)28/h16-18,20-25,29H,6-15,28H2,1-5H3/t18-,20+,21-,22?,23?,24-,25?,26+,27-/m1/s1. The van der Waals surface area contributed by atoms with Crippen LogP contribution < -0.4 is 5.73 Å². The zero-order valence-corrected chi connectivity index (χ0v) is 19.8. The van der Waals surface area contributed by atoms with Gasteiger partial charge in [0.2, 0.25) is 0 Å². The lowest BCUT2D eigenvalue weighted by Gasteiger charge is -2.60. The first-order valence-electron chi connectivity index (χ1n) is 12.8. The summed E-state index contributed by atoms with van der Waals surface area (Å²) in [5, 5.41) is 10.3. The molecule has 0 amide bonds. The van der Waals surface area contributed by atoms with E-state index in [0.717, 1.165) is 48.9 Å². The van der Waals surface area contributed by atoms with Crippen LogP contribution in [-0.2, 0) is 0 Å². The fourth-order valence-corrected chi connectivity index (χ4v) is 8.74. The molecule has 0 spiro atoms. The van der Waals surface area contributed by atoms with E-state index >= 15 is 0 Å². The van der Waals surface area contributed by atoms with Gasteiger partial charge in [-0.15, -0.1) is 0 Å². The summed E-state index contributed by atoms with van der Waals surface area (Å²) in [6, 6.07) is 0.202. The van der Waals surface area contributed by atoms with Gasteiger partial charge in [-0.3, -0.25) is 0 Å². The zero-order chi connectivity index (χ0) is 21.0. The van der Waals surface area contributed by atoms with E-state index in [0.29, 0.717) is 16.7 Å². The van der Waals surface area contributed by atoms with Crippen LogP contribution in [0.2, 0.25) is 0 Å². The molecule has 9 atom stereocenters. The maximum atomic E-state index is 10.3. The summed E-state index contributed by atoms with van der Waals surface area (Å²) in [6.07, 6.45) is 15.0. The molecule has 3 N–H and O–H groups in total. The van der Waals surface area contributed by atoms with E-state index < -0.39 is 0 Å². The quantitative estimate of drug-likeness (QED) is 0.529. The van der Waals surface area contributed by atoms with Crippen molar-refractivity contribution >= 4 is 0 Å². The third-order valence-corrected chi connectivity index (χ3v) is 10.4. The van der Waals surface area contributed by atoms with Crippen LogP contribution in [0, 0.1) is 46.3 Å². The number of hydrogen-bond acceptors (Lipinski definition) is 2. The van der Waals surface area contributed by atoms with Crippen molar-refractivity contribution in [3.63, 3.8) is 0 Å². The topological polar surface area (TPSA) is 46.2 Å². The lowest BCUT2D eigenvalue weighted by atomic mass is 9.46. The summed E-state index contributed by atoms with van der Waals surface area (Å²) in [6.45, 7) is 12.4. The van der Waals surface area contributed by atoms with Gasteiger partial charge >= 0.3 is 0 Å². The number of aliphatic hydroxyl groups is 1. The van der Waals surface area contributed by atoms with Crippen LogP contribution in [0.3, 0.4) is 0 Å². The zero-order valence-electron chi connectivity index (χ0n) is 19.8. The second-order valence-electron chi connectivity index (χ2n) is 12.4. The summed E-state index contributed by atoms with van der Waals surface area (Å²) in [7, 11) is 0. The number of rotatable bonds is 5. The predicted molar refractivity (Wildman–Crippen MR) is 122 cm³/mol. The molecular formula is C27H47NO. The number of aliphatic hydroxyl groups excluding tert-OH is 1. The summed E-state index contributed by atoms with van der Waals surface area (Å²) in [5.41, 5.74) is 9.17. The maximum absolute atomic E-state index is 10.3. The Labute approximate surface area is 180 Å². The summed E-state index contributed by atoms with van der Waals surface area (Å²) < 4.78 is 0. The lowest BCUT2D eigenvalue weighted by Crippen LogP contribution is -2.56. The Morgan fingerprint density at radius 2 is 1.79 bits per heavy atom. The Bertz CT molecular complexity index is 626. The molecule has 0 aromatic rings. The fourth-order valence-electron chi connectivity index (χ4n) is 8.74. The van der Waals surface area contributed by atoms with Crippen molar-refractivity contribution in [3.05, 3.63) is 11.6 Å². The van der Waals surface area contributed by atoms with Gasteiger partial charge in [0, 0.05) is 6.04 Å². The van der Waals surface area contributed by atoms with Crippen molar-refractivity contribution in [1.82, 2.24) is 0 Å². The Morgan fingerprint density at radius 3 is 2.52 bits per heavy atom. The van der Waals surface area contributed by atoms with Crippen LogP contribution in [0.25, 0.3) is 0 Å². The molecule has 2 nitrogen and oxygen atoms in total. The molecule has 3 saturated carbocycles. The van der Waals surface area contributed by atoms with E-state index in [1.165, 1.54) is 50.5 Å². The molecule has 4 aliphatic carbocycles. The second-order valence-corrected chi connectivity index (χ2v) is 12.4. The van der Waals surface area contributed by atoms with Crippen LogP contribution >= 0.6 is 0 Å². The Balaban J connectivity index is 1.54. The van der Waals surface area contributed by atoms with E-state index in [1.807, 2.05) is 0 Å². The Hall–Kier alpha value is -0.340. The van der Waals surface area contributed by atoms with E-state index in [2.05, 4.69) is 40.7 Å². The maximum Gasteiger partial charge on any atom is 0.0577 e. The molecule has 0 heterocycles. The molecule has 0 aromatic carbocycles. The molecule has 166 valence electrons. The van der Waals surface area contributed by atoms with Gasteiger partial charge in [-0.1, -0.05) is 65.5 Å². The van der Waals surface area contributed by atoms with Gasteiger partial charge in [-0.25, -0.2) is 0 Å². The Morgan fingerprint density at radius 1 is 1.03 bits per heavy atom. The van der Waals surface area contributed by atoms with Gasteiger partial charge in [0.1, 0.15) is 0 Å². The minimum Gasteiger partial charge on any atom is -0.393 e. The average Bonchev–Trinajstić information content (AvgIpc) is 3.00. The van der Waals surface area contributed by atoms with Gasteiger partial charge < -0.3 is 10.8 Å². The smallest absolute Gasteiger partial charge is 0.0577 e. The van der Waals surface area contributed by atoms with E-state index in [4.69, 9.17) is 5.73 Å². The minimum atomic E-state index is -0.144. The van der Waals surface area contributed by atoms with Crippen molar-refractivity contribution in [3.8, 4) is 0 Å². The second kappa shape index (κ2) is 7.97. The molecule has 0 radical (unpaired) electrons. The van der Waals surface area contributed by atoms with Gasteiger partial charge in [0.25, 0.3) is 0 Å². The molecular weight excluding hydrogens is 354 g/mol. The van der Waals surface area contributed by atoms with Crippen LogP contribution in [0.5, 0.6) is 0 Å². The van der Waals surface area contributed by atoms with Gasteiger partial charge in [-0.2, -0.15) is 0 Å². The SMILES string of the molecule is CC(C)CCC[C@@H](C)[C@H]1CCC2C3C(CC[C@@]21C)[C@@]1(C)CC[C@H](O)CC1=C[C@H]3N. The van der Waals surface area contributed by atoms with Crippen molar-refractivity contribution in [2.45, 2.75) is 111 Å². The molecule has 4 aliphatic rings. The summed E-state index contributed by atoms with van der Waals surface area (Å²) in [5.74, 6) is 4.77. The summed E-state index contributed by atoms with van der Waals surface area (Å²) >= 11 is 0. The van der Waals surface area contributed by atoms with E-state index in [1.54, 1.807) is 0 Å². The van der Waals surface area contributed by atoms with Crippen LogP contribution in [-0.4, -0.2) is 17.3 Å². The first kappa shape index (κ1) is 21.9. The molecule has 2 heteroatoms. The monoisotopic (exact) mass is 401 g/mol. The molecule has 29 heavy (non-hydrogen) atoms. The average molecular weight is 402 g/mol.